The van der Waals surface area contributed by atoms with E-state index >= 15 is 0 Å². The van der Waals surface area contributed by atoms with Crippen LogP contribution in [0.5, 0.6) is 0 Å². The Morgan fingerprint density at radius 2 is 1.59 bits per heavy atom. The van der Waals surface area contributed by atoms with Crippen molar-refractivity contribution in [3.8, 4) is 0 Å². The molecular formula is C32H33ClF3N3O2. The molecule has 9 heteroatoms. The van der Waals surface area contributed by atoms with Gasteiger partial charge in [-0.15, -0.1) is 0 Å². The molecule has 1 unspecified atom stereocenters. The summed E-state index contributed by atoms with van der Waals surface area (Å²) in [6.07, 6.45) is 1.17. The Bertz CT molecular complexity index is 1400. The van der Waals surface area contributed by atoms with Gasteiger partial charge in [-0.2, -0.15) is 13.2 Å². The highest BCUT2D eigenvalue weighted by molar-refractivity contribution is 6.33. The summed E-state index contributed by atoms with van der Waals surface area (Å²) in [4.78, 5) is 29.2. The van der Waals surface area contributed by atoms with Gasteiger partial charge in [-0.25, -0.2) is 0 Å². The largest absolute Gasteiger partial charge is 0.416 e. The molecule has 1 saturated carbocycles. The van der Waals surface area contributed by atoms with Crippen LogP contribution < -0.4 is 10.6 Å². The van der Waals surface area contributed by atoms with Crippen LogP contribution >= 0.6 is 11.6 Å². The van der Waals surface area contributed by atoms with Crippen molar-refractivity contribution in [2.24, 2.45) is 5.92 Å². The van der Waals surface area contributed by atoms with Gasteiger partial charge in [0.2, 0.25) is 5.91 Å². The minimum absolute atomic E-state index is 0.0670. The Morgan fingerprint density at radius 1 is 0.902 bits per heavy atom. The molecule has 2 N–H and O–H groups in total. The average molecular weight is 584 g/mol. The number of nitrogens with one attached hydrogen (secondary N) is 2. The maximum atomic E-state index is 13.8. The van der Waals surface area contributed by atoms with Crippen LogP contribution in [0.25, 0.3) is 0 Å². The fourth-order valence-corrected chi connectivity index (χ4v) is 6.24. The van der Waals surface area contributed by atoms with Crippen molar-refractivity contribution in [3.05, 3.63) is 94.0 Å². The van der Waals surface area contributed by atoms with Gasteiger partial charge in [-0.05, 0) is 80.1 Å². The number of amides is 2. The van der Waals surface area contributed by atoms with Gasteiger partial charge in [0.1, 0.15) is 0 Å². The second-order valence-corrected chi connectivity index (χ2v) is 11.3. The molecule has 0 spiro atoms. The van der Waals surface area contributed by atoms with E-state index in [0.29, 0.717) is 36.0 Å². The zero-order valence-electron chi connectivity index (χ0n) is 22.8. The summed E-state index contributed by atoms with van der Waals surface area (Å²) in [6.45, 7) is 1.80. The summed E-state index contributed by atoms with van der Waals surface area (Å²) >= 11 is 6.38. The molecule has 3 aromatic carbocycles. The summed E-state index contributed by atoms with van der Waals surface area (Å²) in [5.41, 5.74) is 1.44. The second-order valence-electron chi connectivity index (χ2n) is 10.9. The third kappa shape index (κ3) is 6.53. The normalized spacial score (nSPS) is 19.7. The summed E-state index contributed by atoms with van der Waals surface area (Å²) in [6, 6.07) is 18.2. The summed E-state index contributed by atoms with van der Waals surface area (Å²) in [5, 5.41) is 6.58. The van der Waals surface area contributed by atoms with Crippen molar-refractivity contribution in [3.63, 3.8) is 0 Å². The molecular weight excluding hydrogens is 551 g/mol. The fourth-order valence-electron chi connectivity index (χ4n) is 6.02. The SMILES string of the molecule is Cc1ccc(NC(=O)C2CCCN(C(=O)c3ccccc3Cl)[C@H]2c2ccc(NC3CCCC3)cc2)cc1C(F)(F)F. The zero-order valence-corrected chi connectivity index (χ0v) is 23.6. The van der Waals surface area contributed by atoms with Gasteiger partial charge >= 0.3 is 6.18 Å². The number of hydrogen-bond donors (Lipinski definition) is 2. The Morgan fingerprint density at radius 3 is 2.27 bits per heavy atom. The number of halogens is 4. The van der Waals surface area contributed by atoms with Crippen molar-refractivity contribution >= 4 is 34.8 Å². The van der Waals surface area contributed by atoms with Gasteiger partial charge in [-0.3, -0.25) is 9.59 Å². The van der Waals surface area contributed by atoms with Crippen LogP contribution in [-0.4, -0.2) is 29.3 Å². The highest BCUT2D eigenvalue weighted by atomic mass is 35.5. The first-order chi connectivity index (χ1) is 19.6. The van der Waals surface area contributed by atoms with Crippen LogP contribution in [-0.2, 0) is 11.0 Å². The predicted molar refractivity (Wildman–Crippen MR) is 155 cm³/mol. The van der Waals surface area contributed by atoms with Crippen LogP contribution in [0.15, 0.2) is 66.7 Å². The van der Waals surface area contributed by atoms with E-state index in [2.05, 4.69) is 10.6 Å². The maximum Gasteiger partial charge on any atom is 0.416 e. The van der Waals surface area contributed by atoms with Crippen LogP contribution in [0.1, 0.15) is 71.6 Å². The summed E-state index contributed by atoms with van der Waals surface area (Å²) in [5.74, 6) is -1.41. The van der Waals surface area contributed by atoms with Gasteiger partial charge in [0.05, 0.1) is 28.1 Å². The number of aryl methyl sites for hydroxylation is 1. The highest BCUT2D eigenvalue weighted by Crippen LogP contribution is 2.40. The van der Waals surface area contributed by atoms with Gasteiger partial charge in [-0.1, -0.05) is 54.8 Å². The van der Waals surface area contributed by atoms with E-state index < -0.39 is 29.6 Å². The minimum Gasteiger partial charge on any atom is -0.382 e. The highest BCUT2D eigenvalue weighted by Gasteiger charge is 2.40. The lowest BCUT2D eigenvalue weighted by molar-refractivity contribution is -0.138. The topological polar surface area (TPSA) is 61.4 Å². The van der Waals surface area contributed by atoms with E-state index in [-0.39, 0.29) is 17.2 Å². The molecule has 2 atom stereocenters. The molecule has 2 fully saturated rings. The molecule has 3 aromatic rings. The molecule has 0 aromatic heterocycles. The molecule has 0 bridgehead atoms. The van der Waals surface area contributed by atoms with Crippen molar-refractivity contribution < 1.29 is 22.8 Å². The van der Waals surface area contributed by atoms with Crippen molar-refractivity contribution in [2.45, 2.75) is 63.7 Å². The quantitative estimate of drug-likeness (QED) is 0.307. The van der Waals surface area contributed by atoms with Crippen molar-refractivity contribution in [1.82, 2.24) is 4.90 Å². The van der Waals surface area contributed by atoms with Gasteiger partial charge in [0.15, 0.2) is 0 Å². The van der Waals surface area contributed by atoms with Gasteiger partial charge in [0.25, 0.3) is 5.91 Å². The third-order valence-corrected chi connectivity index (χ3v) is 8.45. The molecule has 5 nitrogen and oxygen atoms in total. The predicted octanol–water partition coefficient (Wildman–Crippen LogP) is 8.25. The van der Waals surface area contributed by atoms with E-state index in [1.807, 2.05) is 24.3 Å². The minimum atomic E-state index is -4.54. The van der Waals surface area contributed by atoms with E-state index in [4.69, 9.17) is 11.6 Å². The van der Waals surface area contributed by atoms with E-state index in [1.54, 1.807) is 29.2 Å². The maximum absolute atomic E-state index is 13.8. The number of likely N-dealkylation sites (tertiary alicyclic amines) is 1. The number of benzene rings is 3. The van der Waals surface area contributed by atoms with Crippen LogP contribution in [0.2, 0.25) is 5.02 Å². The van der Waals surface area contributed by atoms with Gasteiger partial charge < -0.3 is 15.5 Å². The molecule has 1 heterocycles. The molecule has 41 heavy (non-hydrogen) atoms. The molecule has 2 amide bonds. The number of anilines is 2. The lowest BCUT2D eigenvalue weighted by Gasteiger charge is -2.41. The second kappa shape index (κ2) is 12.1. The number of nitrogens with zero attached hydrogens (tertiary/aromatic N) is 1. The Kier molecular flexibility index (Phi) is 8.59. The summed E-state index contributed by atoms with van der Waals surface area (Å²) in [7, 11) is 0. The number of carbonyl (C=O) groups is 2. The van der Waals surface area contributed by atoms with E-state index in [1.165, 1.54) is 31.9 Å². The standard InChI is InChI=1S/C32H33ClF3N3O2/c1-20-12-15-24(19-27(20)32(34,35)36)38-30(40)26-10-6-18-39(31(41)25-9-4-5-11-28(25)33)29(26)21-13-16-23(17-14-21)37-22-7-2-3-8-22/h4-5,9,11-17,19,22,26,29,37H,2-3,6-8,10,18H2,1H3,(H,38,40)/t26?,29-/m0/s1. The number of rotatable bonds is 6. The van der Waals surface area contributed by atoms with Crippen molar-refractivity contribution in [2.75, 3.05) is 17.2 Å². The number of alkyl halides is 3. The van der Waals surface area contributed by atoms with Gasteiger partial charge in [0, 0.05) is 24.0 Å². The molecule has 1 aliphatic heterocycles. The number of carbonyl (C=O) groups excluding carboxylic acids is 2. The summed E-state index contributed by atoms with van der Waals surface area (Å²) < 4.78 is 40.6. The smallest absolute Gasteiger partial charge is 0.382 e. The molecule has 1 aliphatic carbocycles. The van der Waals surface area contributed by atoms with E-state index in [0.717, 1.165) is 30.2 Å². The lowest BCUT2D eigenvalue weighted by Crippen LogP contribution is -2.46. The Hall–Kier alpha value is -3.52. The average Bonchev–Trinajstić information content (AvgIpc) is 3.46. The zero-order chi connectivity index (χ0) is 29.1. The Balaban J connectivity index is 1.46. The third-order valence-electron chi connectivity index (χ3n) is 8.12. The fraction of sp³-hybridized carbons (Fsp3) is 0.375. The van der Waals surface area contributed by atoms with E-state index in [9.17, 15) is 22.8 Å². The molecule has 216 valence electrons. The molecule has 5 rings (SSSR count). The van der Waals surface area contributed by atoms with Crippen molar-refractivity contribution in [1.29, 1.82) is 0 Å². The van der Waals surface area contributed by atoms with Crippen LogP contribution in [0.4, 0.5) is 24.5 Å². The molecule has 1 saturated heterocycles. The number of hydrogen-bond acceptors (Lipinski definition) is 3. The Labute approximate surface area is 243 Å². The first-order valence-corrected chi connectivity index (χ1v) is 14.4. The lowest BCUT2D eigenvalue weighted by atomic mass is 9.83. The molecule has 0 radical (unpaired) electrons. The number of piperidine rings is 1. The van der Waals surface area contributed by atoms with Crippen LogP contribution in [0, 0.1) is 12.8 Å². The first-order valence-electron chi connectivity index (χ1n) is 14.0. The monoisotopic (exact) mass is 583 g/mol. The van der Waals surface area contributed by atoms with Crippen LogP contribution in [0.3, 0.4) is 0 Å². The first kappa shape index (κ1) is 29.0. The molecule has 2 aliphatic rings.